The molecule has 0 aromatic carbocycles. The van der Waals surface area contributed by atoms with E-state index in [1.54, 1.807) is 0 Å². The molecule has 5 fully saturated rings. The van der Waals surface area contributed by atoms with Gasteiger partial charge < -0.3 is 125 Å². The average Bonchev–Trinajstić information content (AvgIpc) is 3.24. The van der Waals surface area contributed by atoms with Crippen molar-refractivity contribution in [2.45, 2.75) is 181 Å². The Bertz CT molecular complexity index is 1540. The van der Waals surface area contributed by atoms with Gasteiger partial charge in [-0.05, 0) is 6.92 Å². The molecule has 25 atom stereocenters. The summed E-state index contributed by atoms with van der Waals surface area (Å²) in [5.41, 5.74) is 0. The number of hydrogen-bond acceptors (Lipinski definition) is 25. The van der Waals surface area contributed by atoms with Crippen LogP contribution in [0.25, 0.3) is 0 Å². The standard InChI is InChI=1S/C36H61N3O25/c1-9-20(46)26(52)28(54)35(57-9)64-31-27(53)22(48)14(6-41)60-36(31)62-29-15(7-42)61-33(18(25(29)51)38-11(3)44)56-8-16-23(49)30(19(32(55)58-16)39-12(4)45)63-34-17(37-10(2)43)24(50)21(47)13(5-40)59-34/h9,13-36,40-42,46-55H,5-8H2,1-4H3,(H,37,43)(H,38,44)(H,39,45)/t9-,13+,14+,15+,16+,17+,18+,19+,20+,21+,22-,23-,24+,25+,26+,27-,28-,29+,30+,31+,32?,33+,34-,35-,36-/m0/s1. The Morgan fingerprint density at radius 2 is 0.922 bits per heavy atom. The first-order chi connectivity index (χ1) is 30.1. The lowest BCUT2D eigenvalue weighted by atomic mass is 9.94. The third-order valence-electron chi connectivity index (χ3n) is 11.5. The number of rotatable bonds is 15. The van der Waals surface area contributed by atoms with Gasteiger partial charge >= 0.3 is 0 Å². The van der Waals surface area contributed by atoms with E-state index in [2.05, 4.69) is 16.0 Å². The molecule has 5 heterocycles. The monoisotopic (exact) mass is 935 g/mol. The third-order valence-corrected chi connectivity index (χ3v) is 11.5. The lowest BCUT2D eigenvalue weighted by molar-refractivity contribution is -0.383. The Balaban J connectivity index is 1.36. The van der Waals surface area contributed by atoms with Gasteiger partial charge in [0.1, 0.15) is 116 Å². The molecule has 64 heavy (non-hydrogen) atoms. The molecule has 0 aromatic rings. The predicted octanol–water partition coefficient (Wildman–Crippen LogP) is -10.5. The lowest BCUT2D eigenvalue weighted by Gasteiger charge is -2.49. The largest absolute Gasteiger partial charge is 0.394 e. The summed E-state index contributed by atoms with van der Waals surface area (Å²) in [6, 6.07) is -4.69. The van der Waals surface area contributed by atoms with E-state index in [1.807, 2.05) is 0 Å². The fraction of sp³-hybridized carbons (Fsp3) is 0.917. The van der Waals surface area contributed by atoms with Gasteiger partial charge in [-0.3, -0.25) is 14.4 Å². The number of amides is 3. The average molecular weight is 936 g/mol. The molecule has 3 amide bonds. The first kappa shape index (κ1) is 52.5. The first-order valence-electron chi connectivity index (χ1n) is 20.4. The van der Waals surface area contributed by atoms with Gasteiger partial charge in [-0.1, -0.05) is 0 Å². The van der Waals surface area contributed by atoms with Crippen molar-refractivity contribution in [3.05, 3.63) is 0 Å². The smallest absolute Gasteiger partial charge is 0.217 e. The van der Waals surface area contributed by atoms with E-state index in [0.29, 0.717) is 0 Å². The molecule has 0 bridgehead atoms. The van der Waals surface area contributed by atoms with Crippen LogP contribution in [0.4, 0.5) is 0 Å². The summed E-state index contributed by atoms with van der Waals surface area (Å²) in [5, 5.41) is 146. The molecule has 16 N–H and O–H groups in total. The molecule has 0 saturated carbocycles. The molecule has 0 radical (unpaired) electrons. The number of carbonyl (C=O) groups is 3. The van der Waals surface area contributed by atoms with Crippen LogP contribution in [0.1, 0.15) is 27.7 Å². The van der Waals surface area contributed by atoms with E-state index in [9.17, 15) is 80.8 Å². The van der Waals surface area contributed by atoms with Gasteiger partial charge in [-0.25, -0.2) is 0 Å². The summed E-state index contributed by atoms with van der Waals surface area (Å²) >= 11 is 0. The SMILES string of the molecule is CC(=O)N[C@H]1[C@H](OC[C@H]2OC(O)[C@H](NC(C)=O)[C@@H](O[C@@H]3O[C@H](CO)[C@@H](O)[C@H](O)[C@H]3NC(C)=O)[C@H]2O)O[C@H](CO)[C@@H](O[C@@H]2O[C@H](CO)[C@H](O)[C@H](O)[C@H]2O[C@@H]2O[C@@H](C)[C@@H](O)[C@@H](O)[C@@H]2O)[C@@H]1O. The van der Waals surface area contributed by atoms with E-state index in [1.165, 1.54) is 6.92 Å². The molecule has 370 valence electrons. The maximum Gasteiger partial charge on any atom is 0.217 e. The topological polar surface area (TPSA) is 433 Å². The van der Waals surface area contributed by atoms with E-state index in [0.717, 1.165) is 20.8 Å². The molecule has 0 aromatic heterocycles. The van der Waals surface area contributed by atoms with Crippen LogP contribution in [0, 0.1) is 0 Å². The van der Waals surface area contributed by atoms with Crippen molar-refractivity contribution in [2.24, 2.45) is 0 Å². The minimum atomic E-state index is -1.97. The van der Waals surface area contributed by atoms with E-state index < -0.39 is 197 Å². The number of aliphatic hydroxyl groups is 13. The summed E-state index contributed by atoms with van der Waals surface area (Å²) in [4.78, 5) is 36.7. The quantitative estimate of drug-likeness (QED) is 0.0725. The van der Waals surface area contributed by atoms with Crippen LogP contribution in [0.2, 0.25) is 0 Å². The fourth-order valence-corrected chi connectivity index (χ4v) is 8.06. The second kappa shape index (κ2) is 22.6. The lowest BCUT2D eigenvalue weighted by Crippen LogP contribution is -2.70. The number of hydrogen-bond donors (Lipinski definition) is 16. The van der Waals surface area contributed by atoms with E-state index in [4.69, 9.17) is 42.6 Å². The van der Waals surface area contributed by atoms with Crippen molar-refractivity contribution in [2.75, 3.05) is 26.4 Å². The molecule has 0 spiro atoms. The van der Waals surface area contributed by atoms with Gasteiger partial charge in [-0.15, -0.1) is 0 Å². The number of ether oxygens (including phenoxy) is 9. The van der Waals surface area contributed by atoms with Gasteiger partial charge in [-0.2, -0.15) is 0 Å². The number of carbonyl (C=O) groups excluding carboxylic acids is 3. The molecular formula is C36H61N3O25. The minimum absolute atomic E-state index is 0.707. The number of aliphatic hydroxyl groups excluding tert-OH is 13. The normalized spacial score (nSPS) is 47.7. The van der Waals surface area contributed by atoms with Gasteiger partial charge in [0.05, 0.1) is 32.5 Å². The van der Waals surface area contributed by atoms with Gasteiger partial charge in [0.25, 0.3) is 0 Å². The third kappa shape index (κ3) is 11.6. The highest BCUT2D eigenvalue weighted by Gasteiger charge is 2.56. The minimum Gasteiger partial charge on any atom is -0.394 e. The zero-order valence-electron chi connectivity index (χ0n) is 35.0. The summed E-state index contributed by atoms with van der Waals surface area (Å²) in [7, 11) is 0. The van der Waals surface area contributed by atoms with Crippen molar-refractivity contribution >= 4 is 17.7 Å². The van der Waals surface area contributed by atoms with Gasteiger partial charge in [0.2, 0.25) is 17.7 Å². The van der Waals surface area contributed by atoms with Crippen LogP contribution in [-0.2, 0) is 57.0 Å². The summed E-state index contributed by atoms with van der Waals surface area (Å²) < 4.78 is 51.7. The van der Waals surface area contributed by atoms with E-state index >= 15 is 0 Å². The zero-order chi connectivity index (χ0) is 47.5. The molecular weight excluding hydrogens is 874 g/mol. The Kier molecular flexibility index (Phi) is 18.5. The summed E-state index contributed by atoms with van der Waals surface area (Å²) in [6.07, 6.45) is -38.1. The molecule has 28 nitrogen and oxygen atoms in total. The number of nitrogens with one attached hydrogen (secondary N) is 3. The molecule has 28 heteroatoms. The second-order valence-electron chi connectivity index (χ2n) is 16.2. The summed E-state index contributed by atoms with van der Waals surface area (Å²) in [5.74, 6) is -2.20. The highest BCUT2D eigenvalue weighted by Crippen LogP contribution is 2.35. The highest BCUT2D eigenvalue weighted by atomic mass is 16.8. The Morgan fingerprint density at radius 1 is 0.438 bits per heavy atom. The molecule has 5 rings (SSSR count). The highest BCUT2D eigenvalue weighted by molar-refractivity contribution is 5.74. The summed E-state index contributed by atoms with van der Waals surface area (Å²) in [6.45, 7) is 1.13. The van der Waals surface area contributed by atoms with Crippen LogP contribution >= 0.6 is 0 Å². The predicted molar refractivity (Wildman–Crippen MR) is 200 cm³/mol. The molecule has 5 aliphatic rings. The van der Waals surface area contributed by atoms with Crippen molar-refractivity contribution in [1.82, 2.24) is 16.0 Å². The zero-order valence-corrected chi connectivity index (χ0v) is 35.0. The molecule has 5 saturated heterocycles. The second-order valence-corrected chi connectivity index (χ2v) is 16.2. The van der Waals surface area contributed by atoms with Gasteiger partial charge in [0.15, 0.2) is 31.5 Å². The van der Waals surface area contributed by atoms with Crippen LogP contribution in [0.5, 0.6) is 0 Å². The maximum absolute atomic E-state index is 12.5. The Hall–Kier alpha value is -2.47. The molecule has 1 unspecified atom stereocenters. The van der Waals surface area contributed by atoms with Crippen molar-refractivity contribution < 1.29 is 123 Å². The van der Waals surface area contributed by atoms with Crippen LogP contribution in [0.15, 0.2) is 0 Å². The Morgan fingerprint density at radius 3 is 1.48 bits per heavy atom. The van der Waals surface area contributed by atoms with Gasteiger partial charge in [0, 0.05) is 20.8 Å². The van der Waals surface area contributed by atoms with Crippen molar-refractivity contribution in [1.29, 1.82) is 0 Å². The fourth-order valence-electron chi connectivity index (χ4n) is 8.06. The Labute approximate surface area is 364 Å². The van der Waals surface area contributed by atoms with Crippen molar-refractivity contribution in [3.8, 4) is 0 Å². The van der Waals surface area contributed by atoms with Crippen LogP contribution < -0.4 is 16.0 Å². The maximum atomic E-state index is 12.5. The van der Waals surface area contributed by atoms with Crippen LogP contribution in [0.3, 0.4) is 0 Å². The van der Waals surface area contributed by atoms with Crippen LogP contribution in [-0.4, -0.2) is 264 Å². The van der Waals surface area contributed by atoms with E-state index in [-0.39, 0.29) is 0 Å². The van der Waals surface area contributed by atoms with Crippen molar-refractivity contribution in [3.63, 3.8) is 0 Å². The molecule has 5 aliphatic heterocycles. The first-order valence-corrected chi connectivity index (χ1v) is 20.4. The molecule has 0 aliphatic carbocycles.